The van der Waals surface area contributed by atoms with E-state index in [4.69, 9.17) is 67.8 Å². The van der Waals surface area contributed by atoms with Gasteiger partial charge in [0.15, 0.2) is 47.0 Å². The lowest BCUT2D eigenvalue weighted by atomic mass is 9.80. The van der Waals surface area contributed by atoms with E-state index in [9.17, 15) is 69.9 Å². The number of ketones is 3. The fourth-order valence-electron chi connectivity index (χ4n) is 13.2. The standard InChI is InChI=1S/C69H77Cl2FN6O24/c1-26(2)12-39(75-5)66(95)77-55-43(84)16-32(19-50(73)86)64(93)76-54-31-17-47(61(48(18-31)99-46-11-8-30(57(55)88)15-38(46)71)102-68-62(60(91)58(89)49(24-79)100-68)101-51-23-69(4,74)63(92)27(3)97-51)98-45-10-7-29(14-37(45)70)56(87)36-22-41(82)33(20-44(54)85)28-6-9-40(81)34(13-28)52-35(21-42(83)53(72)59(52)90)67(96-25-80)78-65(36)94/h6-11,13-15,17-18,21,25-27,32-33,36,39,49,51,54-58,60,62-63,67-68,75,79,81,83,87-92H,12,16,19-20,22-24,74H2,1-5H3,(H2,73,86)(H,76,93)(H,77,95)(H,78,94)/t27-,32+,33-,36+,39-,49+,51-,54-,55?,56-,57-,58-,60+,62+,63-,67+,68?,69+/m1/s1. The number of amides is 4. The first-order valence-corrected chi connectivity index (χ1v) is 33.1. The van der Waals surface area contributed by atoms with Crippen molar-refractivity contribution >= 4 is 70.7 Å². The largest absolute Gasteiger partial charge is 0.507 e. The minimum Gasteiger partial charge on any atom is -0.507 e. The maximum atomic E-state index is 16.2. The van der Waals surface area contributed by atoms with Gasteiger partial charge in [0.1, 0.15) is 59.5 Å². The number of nitrogens with two attached hydrogens (primary N) is 2. The van der Waals surface area contributed by atoms with Crippen LogP contribution < -0.4 is 46.9 Å². The van der Waals surface area contributed by atoms with Crippen molar-refractivity contribution < 1.29 is 122 Å². The molecule has 7 aliphatic heterocycles. The van der Waals surface area contributed by atoms with E-state index in [0.29, 0.717) is 6.07 Å². The van der Waals surface area contributed by atoms with Crippen LogP contribution in [0.5, 0.6) is 46.0 Å². The number of likely N-dealkylation sites (N-methyl/N-ethyl adjacent to an activating group) is 1. The van der Waals surface area contributed by atoms with E-state index in [2.05, 4.69) is 21.3 Å². The summed E-state index contributed by atoms with van der Waals surface area (Å²) in [5.41, 5.74) is 8.11. The predicted octanol–water partition coefficient (Wildman–Crippen LogP) is 3.36. The highest BCUT2D eigenvalue weighted by Gasteiger charge is 2.51. The topological polar surface area (TPSA) is 483 Å². The molecule has 0 radical (unpaired) electrons. The van der Waals surface area contributed by atoms with E-state index >= 15 is 18.8 Å². The number of rotatable bonds is 14. The number of phenols is 3. The number of halogens is 3. The van der Waals surface area contributed by atoms with Crippen LogP contribution in [0.25, 0.3) is 11.1 Å². The van der Waals surface area contributed by atoms with Crippen LogP contribution in [0.3, 0.4) is 0 Å². The second-order valence-corrected chi connectivity index (χ2v) is 27.3. The van der Waals surface area contributed by atoms with Gasteiger partial charge in [-0.1, -0.05) is 55.2 Å². The quantitative estimate of drug-likeness (QED) is 0.0709. The molecule has 0 saturated carbocycles. The molecule has 2 saturated heterocycles. The summed E-state index contributed by atoms with van der Waals surface area (Å²) in [6.45, 7) is 5.54. The van der Waals surface area contributed by atoms with Crippen molar-refractivity contribution in [3.05, 3.63) is 116 Å². The summed E-state index contributed by atoms with van der Waals surface area (Å²) in [6, 6.07) is 7.98. The van der Waals surface area contributed by atoms with Crippen LogP contribution in [-0.4, -0.2) is 174 Å². The second kappa shape index (κ2) is 31.1. The van der Waals surface area contributed by atoms with Crippen LogP contribution in [0.2, 0.25) is 10.0 Å². The molecule has 17 N–H and O–H groups in total. The molecule has 5 aromatic rings. The first-order chi connectivity index (χ1) is 48.2. The lowest BCUT2D eigenvalue weighted by Crippen LogP contribution is -2.64. The van der Waals surface area contributed by atoms with Crippen molar-refractivity contribution in [3.63, 3.8) is 0 Å². The molecule has 12 rings (SSSR count). The Morgan fingerprint density at radius 3 is 2.01 bits per heavy atom. The van der Waals surface area contributed by atoms with Crippen LogP contribution in [0, 0.1) is 23.6 Å². The predicted molar refractivity (Wildman–Crippen MR) is 353 cm³/mol. The van der Waals surface area contributed by atoms with Crippen LogP contribution in [-0.2, 0) is 57.3 Å². The normalized spacial score (nSPS) is 29.5. The number of nitrogens with one attached hydrogen (secondary N) is 4. The summed E-state index contributed by atoms with van der Waals surface area (Å²) in [5, 5.41) is 113. The molecule has 11 bridgehead atoms. The number of fused-ring (bicyclic) bond motifs is 15. The van der Waals surface area contributed by atoms with Crippen molar-refractivity contribution in [3.8, 4) is 57.1 Å². The first kappa shape index (κ1) is 76.0. The number of hydrogen-bond acceptors (Lipinski definition) is 26. The van der Waals surface area contributed by atoms with Crippen molar-refractivity contribution in [2.45, 2.75) is 163 Å². The van der Waals surface area contributed by atoms with E-state index < -0.39 is 244 Å². The number of phenolic OH excluding ortho intramolecular Hbond substituents is 3. The van der Waals surface area contributed by atoms with Gasteiger partial charge in [-0.15, -0.1) is 0 Å². The molecule has 7 heterocycles. The van der Waals surface area contributed by atoms with Gasteiger partial charge in [-0.2, -0.15) is 4.39 Å². The summed E-state index contributed by atoms with van der Waals surface area (Å²) in [7, 11) is 1.49. The molecule has 0 spiro atoms. The lowest BCUT2D eigenvalue weighted by Gasteiger charge is -2.47. The molecule has 0 aromatic heterocycles. The summed E-state index contributed by atoms with van der Waals surface area (Å²) < 4.78 is 59.5. The van der Waals surface area contributed by atoms with Gasteiger partial charge < -0.3 is 112 Å². The third kappa shape index (κ3) is 15.9. The maximum absolute atomic E-state index is 16.2. The molecule has 2 fully saturated rings. The summed E-state index contributed by atoms with van der Waals surface area (Å²) in [6.07, 6.45) is -23.3. The number of Topliss-reactive ketones (excluding diaryl/α,β-unsaturated/α-hetero) is 3. The highest BCUT2D eigenvalue weighted by atomic mass is 35.5. The number of ether oxygens (including phenoxy) is 7. The fourth-order valence-corrected chi connectivity index (χ4v) is 13.7. The first-order valence-electron chi connectivity index (χ1n) is 32.4. The Balaban J connectivity index is 1.24. The van der Waals surface area contributed by atoms with Crippen LogP contribution in [0.15, 0.2) is 72.8 Å². The van der Waals surface area contributed by atoms with E-state index in [0.717, 1.165) is 48.5 Å². The SMILES string of the molecule is CN[C@H](CC(C)C)C(=O)NC1C(=O)C[C@@H](CC(N)=O)C(=O)N[C@H]2C(=O)C[C@H]3C(=O)C[C@H](C(=O)N[C@@H](OC=O)c4cc(O)c(F)c(O)c4-c4cc3ccc4O)[C@H](O)c3ccc(c(Cl)c3)Oc3cc2cc(c3OC2O[C@@H](CO)[C@@H](O)[C@H](O)[C@@H]2O[C@@H]2C[C@](C)(N)[C@H](O)[C@@H](C)O2)Oc2ccc(cc2Cl)[C@H]1O. The zero-order valence-electron chi connectivity index (χ0n) is 55.3. The zero-order valence-corrected chi connectivity index (χ0v) is 56.8. The number of aromatic hydroxyl groups is 3. The maximum Gasteiger partial charge on any atom is 0.295 e. The molecule has 2 unspecified atom stereocenters. The van der Waals surface area contributed by atoms with Crippen molar-refractivity contribution in [2.24, 2.45) is 29.2 Å². The minimum absolute atomic E-state index is 0.0817. The van der Waals surface area contributed by atoms with Crippen molar-refractivity contribution in [2.75, 3.05) is 13.7 Å². The third-order valence-electron chi connectivity index (χ3n) is 18.7. The van der Waals surface area contributed by atoms with Gasteiger partial charge >= 0.3 is 0 Å². The minimum atomic E-state index is -2.20. The van der Waals surface area contributed by atoms with Gasteiger partial charge in [-0.05, 0) is 110 Å². The van der Waals surface area contributed by atoms with Crippen molar-refractivity contribution in [1.29, 1.82) is 0 Å². The van der Waals surface area contributed by atoms with Crippen LogP contribution >= 0.6 is 23.2 Å². The third-order valence-corrected chi connectivity index (χ3v) is 19.3. The van der Waals surface area contributed by atoms with Gasteiger partial charge in [-0.3, -0.25) is 38.4 Å². The Labute approximate surface area is 591 Å². The van der Waals surface area contributed by atoms with E-state index in [1.807, 2.05) is 13.8 Å². The molecule has 18 atom stereocenters. The highest BCUT2D eigenvalue weighted by Crippen LogP contribution is 2.51. The van der Waals surface area contributed by atoms with E-state index in [1.165, 1.54) is 39.1 Å². The van der Waals surface area contributed by atoms with Gasteiger partial charge in [0.25, 0.3) is 6.47 Å². The number of primary amides is 1. The smallest absolute Gasteiger partial charge is 0.295 e. The summed E-state index contributed by atoms with van der Waals surface area (Å²) in [5.74, 6) is -21.2. The average Bonchev–Trinajstić information content (AvgIpc) is 0.770. The van der Waals surface area contributed by atoms with E-state index in [1.54, 1.807) is 0 Å². The Hall–Kier alpha value is -8.67. The monoisotopic (exact) mass is 1460 g/mol. The highest BCUT2D eigenvalue weighted by molar-refractivity contribution is 6.32. The Kier molecular flexibility index (Phi) is 23.2. The van der Waals surface area contributed by atoms with Gasteiger partial charge in [0.2, 0.25) is 47.7 Å². The average molecular weight is 1460 g/mol. The lowest BCUT2D eigenvalue weighted by molar-refractivity contribution is -0.333. The number of carbonyl (C=O) groups is 8. The number of hydrogen-bond donors (Lipinski definition) is 15. The molecule has 30 nitrogen and oxygen atoms in total. The second-order valence-electron chi connectivity index (χ2n) is 26.5. The van der Waals surface area contributed by atoms with Crippen molar-refractivity contribution in [1.82, 2.24) is 21.3 Å². The number of aliphatic hydroxyl groups excluding tert-OH is 6. The Morgan fingerprint density at radius 1 is 0.784 bits per heavy atom. The van der Waals surface area contributed by atoms with Crippen LogP contribution in [0.1, 0.15) is 124 Å². The summed E-state index contributed by atoms with van der Waals surface area (Å²) >= 11 is 14.2. The van der Waals surface area contributed by atoms with Gasteiger partial charge in [0.05, 0.1) is 52.8 Å². The molecule has 7 aliphatic rings. The summed E-state index contributed by atoms with van der Waals surface area (Å²) in [4.78, 5) is 117. The molecule has 548 valence electrons. The molecule has 4 amide bonds. The van der Waals surface area contributed by atoms with Crippen LogP contribution in [0.4, 0.5) is 4.39 Å². The molecule has 5 aromatic carbocycles. The molecule has 0 aliphatic carbocycles. The van der Waals surface area contributed by atoms with E-state index in [-0.39, 0.29) is 64.0 Å². The molecular formula is C69H77Cl2FN6O24. The number of benzene rings is 5. The fraction of sp³-hybridized carbons (Fsp3) is 0.449. The molecule has 102 heavy (non-hydrogen) atoms. The Bertz CT molecular complexity index is 4090. The zero-order chi connectivity index (χ0) is 74.2. The molecule has 33 heteroatoms. The van der Waals surface area contributed by atoms with Gasteiger partial charge in [0, 0.05) is 60.3 Å². The van der Waals surface area contributed by atoms with Gasteiger partial charge in [-0.25, -0.2) is 0 Å². The Morgan fingerprint density at radius 2 is 1.42 bits per heavy atom. The molecular weight excluding hydrogens is 1390 g/mol. The number of aliphatic hydroxyl groups is 6. The number of carbonyl (C=O) groups excluding carboxylic acids is 8.